The highest BCUT2D eigenvalue weighted by atomic mass is 35.5. The minimum Gasteiger partial charge on any atom is -0.449 e. The van der Waals surface area contributed by atoms with E-state index in [9.17, 15) is 9.59 Å². The van der Waals surface area contributed by atoms with Crippen LogP contribution < -0.4 is 5.32 Å². The van der Waals surface area contributed by atoms with Crippen molar-refractivity contribution >= 4 is 35.1 Å². The molecule has 0 radical (unpaired) electrons. The number of carbonyl (C=O) groups excluding carboxylic acids is 2. The van der Waals surface area contributed by atoms with Gasteiger partial charge in [0, 0.05) is 6.04 Å². The van der Waals surface area contributed by atoms with Crippen molar-refractivity contribution in [2.75, 3.05) is 0 Å². The van der Waals surface area contributed by atoms with Crippen molar-refractivity contribution in [3.8, 4) is 0 Å². The Hall–Kier alpha value is -1.26. The molecule has 1 saturated carbocycles. The molecule has 1 aliphatic carbocycles. The maximum Gasteiger partial charge on any atom is 0.341 e. The fourth-order valence-corrected chi connectivity index (χ4v) is 3.08. The molecule has 2 rings (SSSR count). The van der Waals surface area contributed by atoms with Crippen LogP contribution in [0.3, 0.4) is 0 Å². The summed E-state index contributed by atoms with van der Waals surface area (Å²) in [4.78, 5) is 24.2. The SMILES string of the molecule is C[C@@H](OC(=O)c1c(Cl)cccc1Cl)C(=O)NC1CCCCC1. The number of hydrogen-bond donors (Lipinski definition) is 1. The number of ether oxygens (including phenoxy) is 1. The van der Waals surface area contributed by atoms with Gasteiger partial charge in [-0.05, 0) is 31.9 Å². The van der Waals surface area contributed by atoms with Gasteiger partial charge < -0.3 is 10.1 Å². The molecule has 1 fully saturated rings. The highest BCUT2D eigenvalue weighted by molar-refractivity contribution is 6.39. The molecule has 4 nitrogen and oxygen atoms in total. The molecule has 0 heterocycles. The van der Waals surface area contributed by atoms with Crippen LogP contribution in [0.4, 0.5) is 0 Å². The molecule has 120 valence electrons. The smallest absolute Gasteiger partial charge is 0.341 e. The predicted molar refractivity (Wildman–Crippen MR) is 86.4 cm³/mol. The van der Waals surface area contributed by atoms with E-state index in [1.165, 1.54) is 6.42 Å². The van der Waals surface area contributed by atoms with E-state index < -0.39 is 12.1 Å². The Morgan fingerprint density at radius 2 is 1.77 bits per heavy atom. The standard InChI is InChI=1S/C16H19Cl2NO3/c1-10(15(20)19-11-6-3-2-4-7-11)22-16(21)14-12(17)8-5-9-13(14)18/h5,8-11H,2-4,6-7H2,1H3,(H,19,20)/t10-/m1/s1. The van der Waals surface area contributed by atoms with E-state index in [1.54, 1.807) is 25.1 Å². The zero-order valence-electron chi connectivity index (χ0n) is 12.4. The quantitative estimate of drug-likeness (QED) is 0.841. The normalized spacial score (nSPS) is 16.9. The van der Waals surface area contributed by atoms with Crippen molar-refractivity contribution in [1.82, 2.24) is 5.32 Å². The predicted octanol–water partition coefficient (Wildman–Crippen LogP) is 3.99. The fourth-order valence-electron chi connectivity index (χ4n) is 2.53. The molecule has 0 saturated heterocycles. The van der Waals surface area contributed by atoms with E-state index in [-0.39, 0.29) is 27.6 Å². The summed E-state index contributed by atoms with van der Waals surface area (Å²) in [7, 11) is 0. The third-order valence-electron chi connectivity index (χ3n) is 3.77. The molecule has 1 amide bonds. The minimum absolute atomic E-state index is 0.0862. The molecule has 6 heteroatoms. The summed E-state index contributed by atoms with van der Waals surface area (Å²) in [5, 5.41) is 3.33. The molecule has 0 bridgehead atoms. The molecule has 22 heavy (non-hydrogen) atoms. The maximum atomic E-state index is 12.1. The van der Waals surface area contributed by atoms with Crippen LogP contribution in [-0.2, 0) is 9.53 Å². The van der Waals surface area contributed by atoms with Crippen LogP contribution in [0.15, 0.2) is 18.2 Å². The van der Waals surface area contributed by atoms with Gasteiger partial charge in [-0.3, -0.25) is 4.79 Å². The monoisotopic (exact) mass is 343 g/mol. The average molecular weight is 344 g/mol. The van der Waals surface area contributed by atoms with Crippen molar-refractivity contribution < 1.29 is 14.3 Å². The van der Waals surface area contributed by atoms with Crippen LogP contribution in [0, 0.1) is 0 Å². The second kappa shape index (κ2) is 7.84. The van der Waals surface area contributed by atoms with Gasteiger partial charge in [-0.25, -0.2) is 4.79 Å². The lowest BCUT2D eigenvalue weighted by Gasteiger charge is -2.24. The van der Waals surface area contributed by atoms with Gasteiger partial charge in [0.25, 0.3) is 5.91 Å². The Morgan fingerprint density at radius 1 is 1.18 bits per heavy atom. The summed E-state index contributed by atoms with van der Waals surface area (Å²) in [6.07, 6.45) is 4.51. The molecule has 0 aromatic heterocycles. The molecule has 1 aromatic carbocycles. The molecule has 1 N–H and O–H groups in total. The molecular weight excluding hydrogens is 325 g/mol. The van der Waals surface area contributed by atoms with Gasteiger partial charge in [0.05, 0.1) is 15.6 Å². The zero-order valence-corrected chi connectivity index (χ0v) is 13.9. The first kappa shape index (κ1) is 17.1. The van der Waals surface area contributed by atoms with Crippen molar-refractivity contribution in [2.24, 2.45) is 0 Å². The van der Waals surface area contributed by atoms with Crippen LogP contribution in [0.1, 0.15) is 49.4 Å². The minimum atomic E-state index is -0.887. The third kappa shape index (κ3) is 4.37. The molecule has 0 unspecified atom stereocenters. The zero-order chi connectivity index (χ0) is 16.1. The van der Waals surface area contributed by atoms with Crippen LogP contribution in [-0.4, -0.2) is 24.0 Å². The van der Waals surface area contributed by atoms with Crippen molar-refractivity contribution in [3.05, 3.63) is 33.8 Å². The second-order valence-corrected chi connectivity index (χ2v) is 6.30. The summed E-state index contributed by atoms with van der Waals surface area (Å²) < 4.78 is 5.18. The number of rotatable bonds is 4. The number of esters is 1. The van der Waals surface area contributed by atoms with Gasteiger partial charge in [-0.1, -0.05) is 48.5 Å². The van der Waals surface area contributed by atoms with Crippen LogP contribution in [0.2, 0.25) is 10.0 Å². The van der Waals surface area contributed by atoms with Gasteiger partial charge in [0.2, 0.25) is 0 Å². The largest absolute Gasteiger partial charge is 0.449 e. The number of nitrogens with one attached hydrogen (secondary N) is 1. The lowest BCUT2D eigenvalue weighted by atomic mass is 9.95. The Kier molecular flexibility index (Phi) is 6.09. The van der Waals surface area contributed by atoms with Gasteiger partial charge in [-0.15, -0.1) is 0 Å². The molecule has 1 aromatic rings. The Bertz CT molecular complexity index is 536. The van der Waals surface area contributed by atoms with Crippen molar-refractivity contribution in [3.63, 3.8) is 0 Å². The van der Waals surface area contributed by atoms with E-state index in [1.807, 2.05) is 0 Å². The molecule has 1 aliphatic rings. The lowest BCUT2D eigenvalue weighted by molar-refractivity contribution is -0.130. The lowest BCUT2D eigenvalue weighted by Crippen LogP contribution is -2.42. The van der Waals surface area contributed by atoms with Crippen LogP contribution in [0.5, 0.6) is 0 Å². The van der Waals surface area contributed by atoms with Crippen LogP contribution in [0.25, 0.3) is 0 Å². The Morgan fingerprint density at radius 3 is 2.36 bits per heavy atom. The summed E-state index contributed by atoms with van der Waals surface area (Å²) in [5.74, 6) is -0.981. The number of carbonyl (C=O) groups is 2. The maximum absolute atomic E-state index is 12.1. The summed E-state index contributed by atoms with van der Waals surface area (Å²) in [6, 6.07) is 4.92. The number of halogens is 2. The summed E-state index contributed by atoms with van der Waals surface area (Å²) >= 11 is 11.9. The van der Waals surface area contributed by atoms with Gasteiger partial charge in [0.15, 0.2) is 6.10 Å². The first-order valence-corrected chi connectivity index (χ1v) is 8.20. The second-order valence-electron chi connectivity index (χ2n) is 5.49. The third-order valence-corrected chi connectivity index (χ3v) is 4.40. The van der Waals surface area contributed by atoms with E-state index >= 15 is 0 Å². The number of amides is 1. The molecule has 0 aliphatic heterocycles. The Labute approximate surface area is 140 Å². The van der Waals surface area contributed by atoms with E-state index in [0.29, 0.717) is 0 Å². The fraction of sp³-hybridized carbons (Fsp3) is 0.500. The van der Waals surface area contributed by atoms with E-state index in [0.717, 1.165) is 25.7 Å². The van der Waals surface area contributed by atoms with Crippen LogP contribution >= 0.6 is 23.2 Å². The number of benzene rings is 1. The van der Waals surface area contributed by atoms with Gasteiger partial charge in [-0.2, -0.15) is 0 Å². The van der Waals surface area contributed by atoms with E-state index in [2.05, 4.69) is 5.32 Å². The van der Waals surface area contributed by atoms with Crippen molar-refractivity contribution in [2.45, 2.75) is 51.2 Å². The number of hydrogen-bond acceptors (Lipinski definition) is 3. The topological polar surface area (TPSA) is 55.4 Å². The highest BCUT2D eigenvalue weighted by Crippen LogP contribution is 2.25. The first-order chi connectivity index (χ1) is 10.5. The summed E-state index contributed by atoms with van der Waals surface area (Å²) in [6.45, 7) is 1.54. The van der Waals surface area contributed by atoms with E-state index in [4.69, 9.17) is 27.9 Å². The summed E-state index contributed by atoms with van der Waals surface area (Å²) in [5.41, 5.74) is 0.0862. The molecular formula is C16H19Cl2NO3. The Balaban J connectivity index is 1.94. The van der Waals surface area contributed by atoms with Gasteiger partial charge >= 0.3 is 5.97 Å². The molecule has 0 spiro atoms. The first-order valence-electron chi connectivity index (χ1n) is 7.44. The average Bonchev–Trinajstić information content (AvgIpc) is 2.48. The highest BCUT2D eigenvalue weighted by Gasteiger charge is 2.24. The molecule has 1 atom stereocenters. The van der Waals surface area contributed by atoms with Gasteiger partial charge in [0.1, 0.15) is 0 Å². The van der Waals surface area contributed by atoms with Crippen molar-refractivity contribution in [1.29, 1.82) is 0 Å².